The van der Waals surface area contributed by atoms with E-state index in [2.05, 4.69) is 4.90 Å². The fraction of sp³-hybridized carbons (Fsp3) is 0.400. The number of carbonyl (C=O) groups excluding carboxylic acids is 1. The Morgan fingerprint density at radius 3 is 2.81 bits per heavy atom. The predicted molar refractivity (Wildman–Crippen MR) is 117 cm³/mol. The maximum Gasteiger partial charge on any atom is 0.231 e. The van der Waals surface area contributed by atoms with E-state index >= 15 is 0 Å². The zero-order valence-electron chi connectivity index (χ0n) is 18.0. The molecule has 0 saturated carbocycles. The van der Waals surface area contributed by atoms with Crippen molar-refractivity contribution in [3.63, 3.8) is 0 Å². The summed E-state index contributed by atoms with van der Waals surface area (Å²) in [4.78, 5) is 15.3. The Labute approximate surface area is 182 Å². The van der Waals surface area contributed by atoms with Crippen molar-refractivity contribution in [1.82, 2.24) is 4.90 Å². The molecule has 5 rings (SSSR count). The van der Waals surface area contributed by atoms with Crippen LogP contribution in [-0.2, 0) is 11.3 Å². The van der Waals surface area contributed by atoms with Crippen molar-refractivity contribution in [2.75, 3.05) is 26.5 Å². The topological polar surface area (TPSA) is 57.2 Å². The van der Waals surface area contributed by atoms with Gasteiger partial charge in [-0.25, -0.2) is 0 Å². The highest BCUT2D eigenvalue weighted by molar-refractivity contribution is 6.15. The first-order chi connectivity index (χ1) is 15.1. The fourth-order valence-corrected chi connectivity index (χ4v) is 4.47. The number of Topliss-reactive ketones (excluding diaryl/α,β-unsaturated/α-hetero) is 1. The van der Waals surface area contributed by atoms with Crippen molar-refractivity contribution in [1.29, 1.82) is 0 Å². The maximum absolute atomic E-state index is 13.1. The van der Waals surface area contributed by atoms with Gasteiger partial charge in [-0.3, -0.25) is 9.69 Å². The molecule has 0 bridgehead atoms. The van der Waals surface area contributed by atoms with Gasteiger partial charge in [-0.2, -0.15) is 0 Å². The minimum atomic E-state index is -0.0916. The highest BCUT2D eigenvalue weighted by atomic mass is 16.5. The number of hydrogen-bond acceptors (Lipinski definition) is 6. The number of carbonyl (C=O) groups is 1. The highest BCUT2D eigenvalue weighted by Gasteiger charge is 2.34. The molecule has 162 valence electrons. The van der Waals surface area contributed by atoms with E-state index in [1.165, 1.54) is 0 Å². The van der Waals surface area contributed by atoms with Gasteiger partial charge in [0.1, 0.15) is 24.0 Å². The first kappa shape index (κ1) is 20.1. The number of fused-ring (bicyclic) bond motifs is 2. The molecule has 0 spiro atoms. The molecule has 0 aliphatic carbocycles. The van der Waals surface area contributed by atoms with E-state index in [0.717, 1.165) is 60.7 Å². The van der Waals surface area contributed by atoms with Crippen molar-refractivity contribution in [3.8, 4) is 17.2 Å². The van der Waals surface area contributed by atoms with Crippen LogP contribution in [0.3, 0.4) is 0 Å². The molecule has 3 heterocycles. The molecule has 2 aromatic rings. The number of ketones is 1. The van der Waals surface area contributed by atoms with Crippen LogP contribution in [0.2, 0.25) is 0 Å². The number of hydrogen-bond donors (Lipinski definition) is 0. The lowest BCUT2D eigenvalue weighted by Crippen LogP contribution is -2.37. The lowest BCUT2D eigenvalue weighted by Gasteiger charge is -2.31. The number of allylic oxidation sites excluding steroid dienone is 1. The molecular formula is C25H27NO5. The van der Waals surface area contributed by atoms with E-state index in [9.17, 15) is 4.79 Å². The van der Waals surface area contributed by atoms with Crippen molar-refractivity contribution >= 4 is 11.9 Å². The summed E-state index contributed by atoms with van der Waals surface area (Å²) in [6.45, 7) is 7.49. The van der Waals surface area contributed by atoms with Crippen LogP contribution in [0.25, 0.3) is 6.08 Å². The minimum absolute atomic E-state index is 0.0916. The van der Waals surface area contributed by atoms with Crippen molar-refractivity contribution in [2.45, 2.75) is 39.3 Å². The molecule has 3 aliphatic rings. The van der Waals surface area contributed by atoms with Gasteiger partial charge in [0.15, 0.2) is 5.76 Å². The van der Waals surface area contributed by atoms with Gasteiger partial charge in [-0.1, -0.05) is 12.1 Å². The molecule has 31 heavy (non-hydrogen) atoms. The second kappa shape index (κ2) is 8.36. The van der Waals surface area contributed by atoms with Crippen LogP contribution in [0, 0.1) is 6.92 Å². The molecule has 0 N–H and O–H groups in total. The summed E-state index contributed by atoms with van der Waals surface area (Å²) in [5, 5.41) is 0. The summed E-state index contributed by atoms with van der Waals surface area (Å²) in [5.74, 6) is 2.48. The number of benzene rings is 2. The SMILES string of the molecule is CCOc1ccc(/C=C2\Oc3c(cc4c(c3C)OCN(CC3CCCO3)C4)C2=O)cc1. The van der Waals surface area contributed by atoms with E-state index in [1.807, 2.05) is 44.2 Å². The molecule has 2 aromatic carbocycles. The standard InChI is InChI=1S/C25H27NO5/c1-3-28-19-8-6-17(7-9-19)11-22-23(27)21-12-18-13-26(14-20-5-4-10-29-20)15-30-24(18)16(2)25(21)31-22/h6-9,11-12,20H,3-5,10,13-15H2,1-2H3/b22-11-. The zero-order valence-corrected chi connectivity index (χ0v) is 18.0. The normalized spacial score (nSPS) is 21.5. The van der Waals surface area contributed by atoms with Gasteiger partial charge in [0.05, 0.1) is 18.3 Å². The Balaban J connectivity index is 1.37. The molecule has 1 fully saturated rings. The number of ether oxygens (including phenoxy) is 4. The number of rotatable bonds is 5. The largest absolute Gasteiger partial charge is 0.494 e. The van der Waals surface area contributed by atoms with Crippen LogP contribution in [0.1, 0.15) is 46.8 Å². The summed E-state index contributed by atoms with van der Waals surface area (Å²) in [7, 11) is 0. The zero-order chi connectivity index (χ0) is 21.4. The fourth-order valence-electron chi connectivity index (χ4n) is 4.47. The lowest BCUT2D eigenvalue weighted by atomic mass is 10.00. The third-order valence-electron chi connectivity index (χ3n) is 5.98. The van der Waals surface area contributed by atoms with Crippen LogP contribution in [-0.4, -0.2) is 43.3 Å². The molecule has 6 nitrogen and oxygen atoms in total. The lowest BCUT2D eigenvalue weighted by molar-refractivity contribution is 0.0276. The first-order valence-electron chi connectivity index (χ1n) is 10.9. The van der Waals surface area contributed by atoms with E-state index in [4.69, 9.17) is 18.9 Å². The summed E-state index contributed by atoms with van der Waals surface area (Å²) in [6, 6.07) is 9.55. The molecule has 0 amide bonds. The van der Waals surface area contributed by atoms with Gasteiger partial charge in [0.2, 0.25) is 5.78 Å². The second-order valence-electron chi connectivity index (χ2n) is 8.23. The average Bonchev–Trinajstić information content (AvgIpc) is 3.39. The van der Waals surface area contributed by atoms with Crippen LogP contribution >= 0.6 is 0 Å². The van der Waals surface area contributed by atoms with Crippen LogP contribution in [0.15, 0.2) is 36.1 Å². The van der Waals surface area contributed by atoms with E-state index in [1.54, 1.807) is 6.08 Å². The molecule has 1 saturated heterocycles. The van der Waals surface area contributed by atoms with Gasteiger partial charge in [-0.05, 0) is 56.5 Å². The predicted octanol–water partition coefficient (Wildman–Crippen LogP) is 4.34. The Morgan fingerprint density at radius 1 is 1.23 bits per heavy atom. The van der Waals surface area contributed by atoms with Gasteiger partial charge < -0.3 is 18.9 Å². The van der Waals surface area contributed by atoms with Crippen molar-refractivity contribution < 1.29 is 23.7 Å². The van der Waals surface area contributed by atoms with Gasteiger partial charge in [0, 0.05) is 30.8 Å². The average molecular weight is 421 g/mol. The minimum Gasteiger partial charge on any atom is -0.494 e. The molecule has 0 radical (unpaired) electrons. The quantitative estimate of drug-likeness (QED) is 0.670. The van der Waals surface area contributed by atoms with Gasteiger partial charge >= 0.3 is 0 Å². The molecular weight excluding hydrogens is 394 g/mol. The Hall–Kier alpha value is -2.83. The second-order valence-corrected chi connectivity index (χ2v) is 8.23. The summed E-state index contributed by atoms with van der Waals surface area (Å²) in [6.07, 6.45) is 4.27. The van der Waals surface area contributed by atoms with Crippen molar-refractivity contribution in [2.24, 2.45) is 0 Å². The first-order valence-corrected chi connectivity index (χ1v) is 10.9. The Bertz CT molecular complexity index is 1020. The maximum atomic E-state index is 13.1. The van der Waals surface area contributed by atoms with Gasteiger partial charge in [-0.15, -0.1) is 0 Å². The third kappa shape index (κ3) is 3.93. The monoisotopic (exact) mass is 421 g/mol. The van der Waals surface area contributed by atoms with Crippen LogP contribution < -0.4 is 14.2 Å². The van der Waals surface area contributed by atoms with Gasteiger partial charge in [0.25, 0.3) is 0 Å². The van der Waals surface area contributed by atoms with E-state index < -0.39 is 0 Å². The van der Waals surface area contributed by atoms with Crippen LogP contribution in [0.5, 0.6) is 17.2 Å². The summed E-state index contributed by atoms with van der Waals surface area (Å²) in [5.41, 5.74) is 3.41. The Morgan fingerprint density at radius 2 is 2.06 bits per heavy atom. The summed E-state index contributed by atoms with van der Waals surface area (Å²) < 4.78 is 23.3. The molecule has 3 aliphatic heterocycles. The number of nitrogens with zero attached hydrogens (tertiary/aromatic N) is 1. The van der Waals surface area contributed by atoms with Crippen LogP contribution in [0.4, 0.5) is 0 Å². The van der Waals surface area contributed by atoms with E-state index in [-0.39, 0.29) is 11.9 Å². The Kier molecular flexibility index (Phi) is 5.42. The summed E-state index contributed by atoms with van der Waals surface area (Å²) >= 11 is 0. The smallest absolute Gasteiger partial charge is 0.231 e. The molecule has 1 unspecified atom stereocenters. The van der Waals surface area contributed by atoms with E-state index in [0.29, 0.717) is 30.4 Å². The highest BCUT2D eigenvalue weighted by Crippen LogP contribution is 2.43. The molecule has 1 atom stereocenters. The third-order valence-corrected chi connectivity index (χ3v) is 5.98. The molecule has 0 aromatic heterocycles. The van der Waals surface area contributed by atoms with Crippen molar-refractivity contribution in [3.05, 3.63) is 58.3 Å². The molecule has 6 heteroatoms.